The molecule has 2 saturated heterocycles. The van der Waals surface area contributed by atoms with Crippen LogP contribution in [-0.2, 0) is 9.53 Å². The van der Waals surface area contributed by atoms with Crippen LogP contribution in [0.4, 0.5) is 4.79 Å². The zero-order chi connectivity index (χ0) is 15.5. The third-order valence-corrected chi connectivity index (χ3v) is 3.85. The highest BCUT2D eigenvalue weighted by atomic mass is 16.6. The van der Waals surface area contributed by atoms with Crippen molar-refractivity contribution in [3.63, 3.8) is 0 Å². The van der Waals surface area contributed by atoms with E-state index in [0.717, 1.165) is 25.8 Å². The highest BCUT2D eigenvalue weighted by Crippen LogP contribution is 2.14. The standard InChI is InChI=1S/C15H27N3O3/c1-15(2,3)21-14(20)18-10-8-17(9-11-18)13(19)12-6-4-5-7-16-12/h12,16H,4-11H2,1-3H3/t12-/m0/s1. The summed E-state index contributed by atoms with van der Waals surface area (Å²) in [5, 5.41) is 3.28. The van der Waals surface area contributed by atoms with Gasteiger partial charge in [0.25, 0.3) is 0 Å². The van der Waals surface area contributed by atoms with Crippen molar-refractivity contribution in [2.75, 3.05) is 32.7 Å². The lowest BCUT2D eigenvalue weighted by Crippen LogP contribution is -2.56. The summed E-state index contributed by atoms with van der Waals surface area (Å²) in [6, 6.07) is -0.0353. The maximum atomic E-state index is 12.4. The topological polar surface area (TPSA) is 61.9 Å². The van der Waals surface area contributed by atoms with Gasteiger partial charge in [-0.25, -0.2) is 4.79 Å². The summed E-state index contributed by atoms with van der Waals surface area (Å²) in [5.74, 6) is 0.179. The Hall–Kier alpha value is -1.30. The number of hydrogen-bond donors (Lipinski definition) is 1. The third kappa shape index (κ3) is 4.59. The fourth-order valence-corrected chi connectivity index (χ4v) is 2.72. The molecule has 2 rings (SSSR count). The minimum atomic E-state index is -0.476. The molecular formula is C15H27N3O3. The molecule has 0 radical (unpaired) electrons. The number of hydrogen-bond acceptors (Lipinski definition) is 4. The average molecular weight is 297 g/mol. The minimum absolute atomic E-state index is 0.0353. The summed E-state index contributed by atoms with van der Waals surface area (Å²) in [6.45, 7) is 8.79. The molecule has 2 aliphatic heterocycles. The Kier molecular flexibility index (Phi) is 5.08. The monoisotopic (exact) mass is 297 g/mol. The van der Waals surface area contributed by atoms with Gasteiger partial charge < -0.3 is 19.9 Å². The van der Waals surface area contributed by atoms with E-state index in [4.69, 9.17) is 4.74 Å². The van der Waals surface area contributed by atoms with E-state index in [1.54, 1.807) is 4.90 Å². The molecule has 0 aromatic heterocycles. The summed E-state index contributed by atoms with van der Waals surface area (Å²) in [4.78, 5) is 27.9. The van der Waals surface area contributed by atoms with Gasteiger partial charge in [0.2, 0.25) is 5.91 Å². The number of piperazine rings is 1. The molecule has 0 aromatic rings. The van der Waals surface area contributed by atoms with Gasteiger partial charge in [0.05, 0.1) is 6.04 Å². The van der Waals surface area contributed by atoms with Crippen LogP contribution in [0.2, 0.25) is 0 Å². The normalized spacial score (nSPS) is 23.9. The van der Waals surface area contributed by atoms with Crippen LogP contribution in [-0.4, -0.2) is 66.2 Å². The van der Waals surface area contributed by atoms with Crippen molar-refractivity contribution < 1.29 is 14.3 Å². The molecule has 0 bridgehead atoms. The molecule has 6 nitrogen and oxygen atoms in total. The number of nitrogens with one attached hydrogen (secondary N) is 1. The van der Waals surface area contributed by atoms with Gasteiger partial charge in [0.1, 0.15) is 5.60 Å². The predicted molar refractivity (Wildman–Crippen MR) is 80.0 cm³/mol. The van der Waals surface area contributed by atoms with E-state index < -0.39 is 5.60 Å². The van der Waals surface area contributed by atoms with Gasteiger partial charge in [-0.05, 0) is 40.2 Å². The fraction of sp³-hybridized carbons (Fsp3) is 0.867. The Morgan fingerprint density at radius 2 is 1.67 bits per heavy atom. The quantitative estimate of drug-likeness (QED) is 0.790. The maximum absolute atomic E-state index is 12.4. The number of rotatable bonds is 1. The molecular weight excluding hydrogens is 270 g/mol. The third-order valence-electron chi connectivity index (χ3n) is 3.85. The lowest BCUT2D eigenvalue weighted by atomic mass is 10.0. The van der Waals surface area contributed by atoms with Crippen molar-refractivity contribution in [1.82, 2.24) is 15.1 Å². The zero-order valence-corrected chi connectivity index (χ0v) is 13.4. The molecule has 1 atom stereocenters. The van der Waals surface area contributed by atoms with Crippen LogP contribution in [0.25, 0.3) is 0 Å². The summed E-state index contributed by atoms with van der Waals surface area (Å²) in [5.41, 5.74) is -0.476. The molecule has 0 aliphatic carbocycles. The summed E-state index contributed by atoms with van der Waals surface area (Å²) in [7, 11) is 0. The first-order valence-electron chi connectivity index (χ1n) is 7.87. The maximum Gasteiger partial charge on any atom is 0.410 e. The van der Waals surface area contributed by atoms with Gasteiger partial charge in [-0.2, -0.15) is 0 Å². The largest absolute Gasteiger partial charge is 0.444 e. The van der Waals surface area contributed by atoms with E-state index in [1.807, 2.05) is 25.7 Å². The van der Waals surface area contributed by atoms with E-state index >= 15 is 0 Å². The lowest BCUT2D eigenvalue weighted by molar-refractivity contribution is -0.135. The molecule has 2 amide bonds. The van der Waals surface area contributed by atoms with Crippen LogP contribution < -0.4 is 5.32 Å². The number of ether oxygens (including phenoxy) is 1. The number of carbonyl (C=O) groups excluding carboxylic acids is 2. The fourth-order valence-electron chi connectivity index (χ4n) is 2.72. The number of carbonyl (C=O) groups is 2. The molecule has 21 heavy (non-hydrogen) atoms. The van der Waals surface area contributed by atoms with Crippen molar-refractivity contribution in [3.8, 4) is 0 Å². The number of nitrogens with zero attached hydrogens (tertiary/aromatic N) is 2. The first-order valence-corrected chi connectivity index (χ1v) is 7.87. The molecule has 0 saturated carbocycles. The van der Waals surface area contributed by atoms with Crippen LogP contribution in [0.3, 0.4) is 0 Å². The Labute approximate surface area is 126 Å². The Balaban J connectivity index is 1.80. The Bertz CT molecular complexity index is 378. The molecule has 120 valence electrons. The van der Waals surface area contributed by atoms with Gasteiger partial charge in [-0.3, -0.25) is 4.79 Å². The zero-order valence-electron chi connectivity index (χ0n) is 13.4. The van der Waals surface area contributed by atoms with Gasteiger partial charge >= 0.3 is 6.09 Å². The van der Waals surface area contributed by atoms with Crippen LogP contribution >= 0.6 is 0 Å². The SMILES string of the molecule is CC(C)(C)OC(=O)N1CCN(C(=O)[C@@H]2CCCCN2)CC1. The van der Waals surface area contributed by atoms with Gasteiger partial charge in [-0.15, -0.1) is 0 Å². The van der Waals surface area contributed by atoms with Crippen LogP contribution in [0.1, 0.15) is 40.0 Å². The second kappa shape index (κ2) is 6.64. The summed E-state index contributed by atoms with van der Waals surface area (Å²) < 4.78 is 5.36. The average Bonchev–Trinajstić information content (AvgIpc) is 2.46. The highest BCUT2D eigenvalue weighted by Gasteiger charge is 2.31. The molecule has 2 heterocycles. The van der Waals surface area contributed by atoms with Crippen LogP contribution in [0.5, 0.6) is 0 Å². The first-order chi connectivity index (χ1) is 9.87. The second-order valence-corrected chi connectivity index (χ2v) is 6.80. The highest BCUT2D eigenvalue weighted by molar-refractivity contribution is 5.82. The molecule has 2 fully saturated rings. The van der Waals surface area contributed by atoms with E-state index in [1.165, 1.54) is 0 Å². The van der Waals surface area contributed by atoms with Crippen LogP contribution in [0.15, 0.2) is 0 Å². The van der Waals surface area contributed by atoms with Crippen molar-refractivity contribution in [1.29, 1.82) is 0 Å². The van der Waals surface area contributed by atoms with E-state index in [2.05, 4.69) is 5.32 Å². The number of amides is 2. The van der Waals surface area contributed by atoms with Crippen molar-refractivity contribution in [3.05, 3.63) is 0 Å². The van der Waals surface area contributed by atoms with Gasteiger partial charge in [-0.1, -0.05) is 6.42 Å². The molecule has 0 aromatic carbocycles. The predicted octanol–water partition coefficient (Wildman–Crippen LogP) is 1.21. The van der Waals surface area contributed by atoms with E-state index in [9.17, 15) is 9.59 Å². The molecule has 6 heteroatoms. The first kappa shape index (κ1) is 16.1. The second-order valence-electron chi connectivity index (χ2n) is 6.80. The van der Waals surface area contributed by atoms with Gasteiger partial charge in [0, 0.05) is 26.2 Å². The molecule has 0 spiro atoms. The van der Waals surface area contributed by atoms with Gasteiger partial charge in [0.15, 0.2) is 0 Å². The van der Waals surface area contributed by atoms with Crippen LogP contribution in [0, 0.1) is 0 Å². The van der Waals surface area contributed by atoms with Crippen molar-refractivity contribution >= 4 is 12.0 Å². The smallest absolute Gasteiger partial charge is 0.410 e. The molecule has 2 aliphatic rings. The number of piperidine rings is 1. The molecule has 0 unspecified atom stereocenters. The van der Waals surface area contributed by atoms with Crippen molar-refractivity contribution in [2.45, 2.75) is 51.7 Å². The van der Waals surface area contributed by atoms with E-state index in [0.29, 0.717) is 26.2 Å². The Morgan fingerprint density at radius 3 is 2.19 bits per heavy atom. The molecule has 1 N–H and O–H groups in total. The Morgan fingerprint density at radius 1 is 1.05 bits per heavy atom. The summed E-state index contributed by atoms with van der Waals surface area (Å²) >= 11 is 0. The van der Waals surface area contributed by atoms with Crippen molar-refractivity contribution in [2.24, 2.45) is 0 Å². The lowest BCUT2D eigenvalue weighted by Gasteiger charge is -2.37. The van der Waals surface area contributed by atoms with E-state index in [-0.39, 0.29) is 18.0 Å². The summed E-state index contributed by atoms with van der Waals surface area (Å²) in [6.07, 6.45) is 2.90. The minimum Gasteiger partial charge on any atom is -0.444 e.